The normalized spacial score (nSPS) is 10.1. The standard InChI is InChI=1S/C12H12N2O2/c1-14-11(15)8-10(13-12(14)16-2)9-6-4-3-5-7-9/h3-8H,1-2H3. The number of aromatic nitrogens is 2. The van der Waals surface area contributed by atoms with E-state index in [0.717, 1.165) is 5.56 Å². The van der Waals surface area contributed by atoms with E-state index in [0.29, 0.717) is 11.7 Å². The first kappa shape index (κ1) is 10.4. The van der Waals surface area contributed by atoms with Gasteiger partial charge in [-0.15, -0.1) is 0 Å². The summed E-state index contributed by atoms with van der Waals surface area (Å²) in [5.74, 6) is 0. The Kier molecular flexibility index (Phi) is 2.72. The summed E-state index contributed by atoms with van der Waals surface area (Å²) in [5.41, 5.74) is 1.39. The molecule has 1 aromatic carbocycles. The Hall–Kier alpha value is -2.10. The summed E-state index contributed by atoms with van der Waals surface area (Å²) in [6.45, 7) is 0. The average Bonchev–Trinajstić information content (AvgIpc) is 2.33. The Balaban J connectivity index is 2.60. The minimum atomic E-state index is -0.134. The fourth-order valence-electron chi connectivity index (χ4n) is 1.46. The zero-order chi connectivity index (χ0) is 11.5. The van der Waals surface area contributed by atoms with E-state index in [4.69, 9.17) is 4.74 Å². The molecule has 0 saturated carbocycles. The van der Waals surface area contributed by atoms with Crippen LogP contribution in [0.3, 0.4) is 0 Å². The van der Waals surface area contributed by atoms with Gasteiger partial charge in [-0.3, -0.25) is 9.36 Å². The minimum absolute atomic E-state index is 0.134. The van der Waals surface area contributed by atoms with Crippen LogP contribution in [0.15, 0.2) is 41.2 Å². The van der Waals surface area contributed by atoms with Gasteiger partial charge in [-0.2, -0.15) is 4.98 Å². The van der Waals surface area contributed by atoms with Crippen LogP contribution in [0.4, 0.5) is 0 Å². The van der Waals surface area contributed by atoms with Crippen molar-refractivity contribution in [3.05, 3.63) is 46.8 Å². The van der Waals surface area contributed by atoms with Gasteiger partial charge in [-0.1, -0.05) is 30.3 Å². The van der Waals surface area contributed by atoms with Crippen LogP contribution in [0.1, 0.15) is 0 Å². The van der Waals surface area contributed by atoms with Crippen molar-refractivity contribution in [1.29, 1.82) is 0 Å². The minimum Gasteiger partial charge on any atom is -0.468 e. The second-order valence-electron chi connectivity index (χ2n) is 3.39. The zero-order valence-electron chi connectivity index (χ0n) is 9.18. The molecule has 16 heavy (non-hydrogen) atoms. The molecular weight excluding hydrogens is 204 g/mol. The van der Waals surface area contributed by atoms with Crippen LogP contribution < -0.4 is 10.3 Å². The van der Waals surface area contributed by atoms with Gasteiger partial charge in [0.1, 0.15) is 0 Å². The first-order chi connectivity index (χ1) is 7.72. The molecule has 0 aliphatic rings. The van der Waals surface area contributed by atoms with Gasteiger partial charge in [0, 0.05) is 18.7 Å². The van der Waals surface area contributed by atoms with Crippen LogP contribution in [0.2, 0.25) is 0 Å². The number of rotatable bonds is 2. The lowest BCUT2D eigenvalue weighted by Gasteiger charge is -2.07. The molecule has 0 aliphatic carbocycles. The molecule has 0 atom stereocenters. The van der Waals surface area contributed by atoms with Crippen LogP contribution >= 0.6 is 0 Å². The van der Waals surface area contributed by atoms with Crippen LogP contribution in [-0.4, -0.2) is 16.7 Å². The molecule has 2 aromatic rings. The van der Waals surface area contributed by atoms with Gasteiger partial charge in [0.05, 0.1) is 12.8 Å². The molecule has 0 bridgehead atoms. The molecule has 4 nitrogen and oxygen atoms in total. The Morgan fingerprint density at radius 2 is 1.94 bits per heavy atom. The van der Waals surface area contributed by atoms with E-state index >= 15 is 0 Å². The van der Waals surface area contributed by atoms with Gasteiger partial charge in [0.2, 0.25) is 0 Å². The zero-order valence-corrected chi connectivity index (χ0v) is 9.18. The number of benzene rings is 1. The van der Waals surface area contributed by atoms with Crippen molar-refractivity contribution in [2.24, 2.45) is 7.05 Å². The van der Waals surface area contributed by atoms with Gasteiger partial charge in [0.25, 0.3) is 11.6 Å². The van der Waals surface area contributed by atoms with E-state index in [1.54, 1.807) is 7.05 Å². The molecule has 0 N–H and O–H groups in total. The number of hydrogen-bond acceptors (Lipinski definition) is 3. The van der Waals surface area contributed by atoms with Crippen molar-refractivity contribution in [3.63, 3.8) is 0 Å². The molecule has 0 radical (unpaired) electrons. The first-order valence-electron chi connectivity index (χ1n) is 4.90. The molecule has 82 valence electrons. The fourth-order valence-corrected chi connectivity index (χ4v) is 1.46. The smallest absolute Gasteiger partial charge is 0.299 e. The molecule has 2 rings (SSSR count). The van der Waals surface area contributed by atoms with Gasteiger partial charge < -0.3 is 4.74 Å². The molecule has 4 heteroatoms. The second-order valence-corrected chi connectivity index (χ2v) is 3.39. The summed E-state index contributed by atoms with van der Waals surface area (Å²) in [6, 6.07) is 11.3. The molecule has 0 fully saturated rings. The Labute approximate surface area is 93.1 Å². The van der Waals surface area contributed by atoms with Gasteiger partial charge in [-0.05, 0) is 0 Å². The van der Waals surface area contributed by atoms with Gasteiger partial charge in [-0.25, -0.2) is 0 Å². The van der Waals surface area contributed by atoms with Crippen LogP contribution in [0, 0.1) is 0 Å². The molecular formula is C12H12N2O2. The third kappa shape index (κ3) is 1.82. The van der Waals surface area contributed by atoms with Crippen LogP contribution in [-0.2, 0) is 7.05 Å². The third-order valence-corrected chi connectivity index (χ3v) is 2.35. The summed E-state index contributed by atoms with van der Waals surface area (Å²) < 4.78 is 6.41. The van der Waals surface area contributed by atoms with Crippen LogP contribution in [0.25, 0.3) is 11.3 Å². The highest BCUT2D eigenvalue weighted by Gasteiger charge is 2.06. The molecule has 0 saturated heterocycles. The van der Waals surface area contributed by atoms with E-state index in [2.05, 4.69) is 4.98 Å². The third-order valence-electron chi connectivity index (χ3n) is 2.35. The number of methoxy groups -OCH3 is 1. The highest BCUT2D eigenvalue weighted by molar-refractivity contribution is 5.58. The maximum Gasteiger partial charge on any atom is 0.299 e. The van der Waals surface area contributed by atoms with Gasteiger partial charge in [0.15, 0.2) is 0 Å². The maximum absolute atomic E-state index is 11.6. The SMILES string of the molecule is COc1nc(-c2ccccc2)cc(=O)n1C. The van der Waals surface area contributed by atoms with Crippen molar-refractivity contribution in [2.75, 3.05) is 7.11 Å². The first-order valence-corrected chi connectivity index (χ1v) is 4.90. The Bertz CT molecular complexity index is 547. The predicted octanol–water partition coefficient (Wildman–Crippen LogP) is 1.46. The van der Waals surface area contributed by atoms with E-state index in [-0.39, 0.29) is 5.56 Å². The second kappa shape index (κ2) is 4.18. The average molecular weight is 216 g/mol. The summed E-state index contributed by atoms with van der Waals surface area (Å²) in [5, 5.41) is 0. The molecule has 0 amide bonds. The van der Waals surface area contributed by atoms with E-state index in [9.17, 15) is 4.79 Å². The van der Waals surface area contributed by atoms with Crippen molar-refractivity contribution in [3.8, 4) is 17.3 Å². The molecule has 0 unspecified atom stereocenters. The highest BCUT2D eigenvalue weighted by Crippen LogP contribution is 2.16. The number of hydrogen-bond donors (Lipinski definition) is 0. The lowest BCUT2D eigenvalue weighted by atomic mass is 10.1. The summed E-state index contributed by atoms with van der Waals surface area (Å²) in [4.78, 5) is 15.9. The van der Waals surface area contributed by atoms with Crippen molar-refractivity contribution >= 4 is 0 Å². The fraction of sp³-hybridized carbons (Fsp3) is 0.167. The van der Waals surface area contributed by atoms with Crippen LogP contribution in [0.5, 0.6) is 6.01 Å². The lowest BCUT2D eigenvalue weighted by Crippen LogP contribution is -2.19. The molecule has 0 aliphatic heterocycles. The van der Waals surface area contributed by atoms with E-state index in [1.807, 2.05) is 30.3 Å². The van der Waals surface area contributed by atoms with Crippen molar-refractivity contribution in [1.82, 2.24) is 9.55 Å². The van der Waals surface area contributed by atoms with Crippen molar-refractivity contribution in [2.45, 2.75) is 0 Å². The Morgan fingerprint density at radius 1 is 1.25 bits per heavy atom. The molecule has 0 spiro atoms. The summed E-state index contributed by atoms with van der Waals surface area (Å²) >= 11 is 0. The molecule has 1 aromatic heterocycles. The topological polar surface area (TPSA) is 44.1 Å². The monoisotopic (exact) mass is 216 g/mol. The number of nitrogens with zero attached hydrogens (tertiary/aromatic N) is 2. The van der Waals surface area contributed by atoms with E-state index in [1.165, 1.54) is 17.7 Å². The quantitative estimate of drug-likeness (QED) is 0.763. The molecule has 1 heterocycles. The van der Waals surface area contributed by atoms with Crippen molar-refractivity contribution < 1.29 is 4.74 Å². The predicted molar refractivity (Wildman–Crippen MR) is 61.5 cm³/mol. The Morgan fingerprint density at radius 3 is 2.56 bits per heavy atom. The maximum atomic E-state index is 11.6. The number of ether oxygens (including phenoxy) is 1. The largest absolute Gasteiger partial charge is 0.468 e. The van der Waals surface area contributed by atoms with Gasteiger partial charge >= 0.3 is 0 Å². The van der Waals surface area contributed by atoms with E-state index < -0.39 is 0 Å². The summed E-state index contributed by atoms with van der Waals surface area (Å²) in [6.07, 6.45) is 0. The highest BCUT2D eigenvalue weighted by atomic mass is 16.5. The summed E-state index contributed by atoms with van der Waals surface area (Å²) in [7, 11) is 3.12. The lowest BCUT2D eigenvalue weighted by molar-refractivity contribution is 0.357.